The van der Waals surface area contributed by atoms with Crippen LogP contribution in [0.25, 0.3) is 0 Å². The van der Waals surface area contributed by atoms with E-state index in [0.717, 1.165) is 0 Å². The van der Waals surface area contributed by atoms with Gasteiger partial charge in [-0.2, -0.15) is 0 Å². The number of nitrogens with one attached hydrogen (secondary N) is 1. The minimum atomic E-state index is -0.497. The molecule has 0 saturated carbocycles. The van der Waals surface area contributed by atoms with Crippen LogP contribution >= 0.6 is 0 Å². The van der Waals surface area contributed by atoms with Crippen molar-refractivity contribution >= 4 is 12.1 Å². The van der Waals surface area contributed by atoms with E-state index in [4.69, 9.17) is 4.74 Å². The van der Waals surface area contributed by atoms with Crippen molar-refractivity contribution in [3.63, 3.8) is 0 Å². The van der Waals surface area contributed by atoms with Gasteiger partial charge in [-0.15, -0.1) is 0 Å². The van der Waals surface area contributed by atoms with Crippen LogP contribution in [0.2, 0.25) is 0 Å². The first-order valence-corrected chi connectivity index (χ1v) is 6.69. The van der Waals surface area contributed by atoms with E-state index in [1.54, 1.807) is 0 Å². The van der Waals surface area contributed by atoms with Crippen molar-refractivity contribution < 1.29 is 19.1 Å². The second-order valence-electron chi connectivity index (χ2n) is 6.00. The molecule has 0 aromatic rings. The lowest BCUT2D eigenvalue weighted by atomic mass is 9.91. The molecule has 1 N–H and O–H groups in total. The first-order valence-electron chi connectivity index (χ1n) is 6.69. The molecule has 1 amide bonds. The van der Waals surface area contributed by atoms with Crippen molar-refractivity contribution in [1.29, 1.82) is 0 Å². The molecule has 0 heterocycles. The molecule has 1 unspecified atom stereocenters. The monoisotopic (exact) mass is 273 g/mol. The zero-order chi connectivity index (χ0) is 15.1. The van der Waals surface area contributed by atoms with Gasteiger partial charge in [-0.25, -0.2) is 4.79 Å². The number of hydrogen-bond acceptors (Lipinski definition) is 4. The van der Waals surface area contributed by atoms with E-state index in [1.807, 2.05) is 20.8 Å². The highest BCUT2D eigenvalue weighted by molar-refractivity contribution is 5.69. The first-order chi connectivity index (χ1) is 8.65. The predicted molar refractivity (Wildman–Crippen MR) is 73.8 cm³/mol. The Bertz CT molecular complexity index is 294. The highest BCUT2D eigenvalue weighted by Gasteiger charge is 2.19. The Balaban J connectivity index is 4.15. The van der Waals surface area contributed by atoms with E-state index in [0.29, 0.717) is 25.3 Å². The fourth-order valence-corrected chi connectivity index (χ4v) is 1.61. The summed E-state index contributed by atoms with van der Waals surface area (Å²) >= 11 is 0. The van der Waals surface area contributed by atoms with Crippen LogP contribution in [0, 0.1) is 11.8 Å². The van der Waals surface area contributed by atoms with Gasteiger partial charge in [-0.1, -0.05) is 13.8 Å². The molecule has 0 radical (unpaired) electrons. The first kappa shape index (κ1) is 17.7. The molecular weight excluding hydrogens is 246 g/mol. The molecule has 0 bridgehead atoms. The fourth-order valence-electron chi connectivity index (χ4n) is 1.61. The van der Waals surface area contributed by atoms with E-state index in [-0.39, 0.29) is 11.9 Å². The van der Waals surface area contributed by atoms with Gasteiger partial charge >= 0.3 is 12.1 Å². The summed E-state index contributed by atoms with van der Waals surface area (Å²) in [6.45, 7) is 10.1. The zero-order valence-corrected chi connectivity index (χ0v) is 12.9. The summed E-state index contributed by atoms with van der Waals surface area (Å²) in [4.78, 5) is 22.7. The van der Waals surface area contributed by atoms with Crippen LogP contribution < -0.4 is 5.32 Å². The Morgan fingerprint density at radius 2 is 1.79 bits per heavy atom. The molecule has 0 aliphatic heterocycles. The molecule has 0 fully saturated rings. The van der Waals surface area contributed by atoms with E-state index in [1.165, 1.54) is 7.11 Å². The molecule has 0 rings (SSSR count). The highest BCUT2D eigenvalue weighted by Crippen LogP contribution is 2.17. The molecule has 0 aliphatic rings. The Morgan fingerprint density at radius 1 is 1.21 bits per heavy atom. The molecule has 5 nitrogen and oxygen atoms in total. The summed E-state index contributed by atoms with van der Waals surface area (Å²) in [5, 5.41) is 2.75. The smallest absolute Gasteiger partial charge is 0.407 e. The molecule has 0 spiro atoms. The van der Waals surface area contributed by atoms with Crippen LogP contribution in [0.3, 0.4) is 0 Å². The third kappa shape index (κ3) is 9.33. The Kier molecular flexibility index (Phi) is 7.49. The normalized spacial score (nSPS) is 13.0. The summed E-state index contributed by atoms with van der Waals surface area (Å²) in [6, 6.07) is 0. The lowest BCUT2D eigenvalue weighted by molar-refractivity contribution is -0.141. The topological polar surface area (TPSA) is 64.6 Å². The van der Waals surface area contributed by atoms with Gasteiger partial charge in [0.2, 0.25) is 0 Å². The van der Waals surface area contributed by atoms with Crippen molar-refractivity contribution in [3.05, 3.63) is 0 Å². The van der Waals surface area contributed by atoms with Gasteiger partial charge in [0.05, 0.1) is 7.11 Å². The summed E-state index contributed by atoms with van der Waals surface area (Å²) in [5.41, 5.74) is -0.497. The van der Waals surface area contributed by atoms with Crippen molar-refractivity contribution in [3.8, 4) is 0 Å². The fraction of sp³-hybridized carbons (Fsp3) is 0.857. The summed E-state index contributed by atoms with van der Waals surface area (Å²) in [6.07, 6.45) is 0.645. The Hall–Kier alpha value is -1.26. The Labute approximate surface area is 116 Å². The molecule has 112 valence electrons. The molecular formula is C14H27NO4. The second-order valence-corrected chi connectivity index (χ2v) is 6.00. The Morgan fingerprint density at radius 3 is 2.21 bits per heavy atom. The SMILES string of the molecule is COC(=O)CCC(CNC(=O)OC(C)(C)C)C(C)C. The number of rotatable bonds is 6. The maximum Gasteiger partial charge on any atom is 0.407 e. The summed E-state index contributed by atoms with van der Waals surface area (Å²) in [5.74, 6) is 0.383. The van der Waals surface area contributed by atoms with Crippen molar-refractivity contribution in [2.45, 2.75) is 53.1 Å². The molecule has 0 aromatic carbocycles. The van der Waals surface area contributed by atoms with Crippen LogP contribution in [-0.2, 0) is 14.3 Å². The van der Waals surface area contributed by atoms with Gasteiger partial charge in [0.15, 0.2) is 0 Å². The van der Waals surface area contributed by atoms with Gasteiger partial charge in [0.25, 0.3) is 0 Å². The average molecular weight is 273 g/mol. The summed E-state index contributed by atoms with van der Waals surface area (Å²) < 4.78 is 9.79. The van der Waals surface area contributed by atoms with E-state index in [2.05, 4.69) is 23.9 Å². The number of carbonyl (C=O) groups is 2. The van der Waals surface area contributed by atoms with Gasteiger partial charge in [0.1, 0.15) is 5.60 Å². The van der Waals surface area contributed by atoms with E-state index < -0.39 is 11.7 Å². The number of hydrogen-bond donors (Lipinski definition) is 1. The van der Waals surface area contributed by atoms with Crippen LogP contribution in [-0.4, -0.2) is 31.3 Å². The van der Waals surface area contributed by atoms with E-state index >= 15 is 0 Å². The number of amides is 1. The predicted octanol–water partition coefficient (Wildman–Crippen LogP) is 2.74. The van der Waals surface area contributed by atoms with Crippen LogP contribution in [0.15, 0.2) is 0 Å². The van der Waals surface area contributed by atoms with Crippen molar-refractivity contribution in [2.75, 3.05) is 13.7 Å². The third-order valence-electron chi connectivity index (χ3n) is 2.80. The maximum absolute atomic E-state index is 11.6. The average Bonchev–Trinajstić information content (AvgIpc) is 2.25. The van der Waals surface area contributed by atoms with E-state index in [9.17, 15) is 9.59 Å². The van der Waals surface area contributed by atoms with Gasteiger partial charge in [-0.05, 0) is 39.0 Å². The molecule has 19 heavy (non-hydrogen) atoms. The second kappa shape index (κ2) is 8.02. The minimum Gasteiger partial charge on any atom is -0.469 e. The number of ether oxygens (including phenoxy) is 2. The number of alkyl carbamates (subject to hydrolysis) is 1. The molecule has 1 atom stereocenters. The number of carbonyl (C=O) groups excluding carboxylic acids is 2. The highest BCUT2D eigenvalue weighted by atomic mass is 16.6. The number of esters is 1. The quantitative estimate of drug-likeness (QED) is 0.756. The lowest BCUT2D eigenvalue weighted by Crippen LogP contribution is -2.36. The third-order valence-corrected chi connectivity index (χ3v) is 2.80. The standard InChI is InChI=1S/C14H27NO4/c1-10(2)11(7-8-12(16)18-6)9-15-13(17)19-14(3,4)5/h10-11H,7-9H2,1-6H3,(H,15,17). The van der Waals surface area contributed by atoms with Gasteiger partial charge < -0.3 is 14.8 Å². The molecule has 0 saturated heterocycles. The van der Waals surface area contributed by atoms with Crippen molar-refractivity contribution in [1.82, 2.24) is 5.32 Å². The van der Waals surface area contributed by atoms with Crippen LogP contribution in [0.1, 0.15) is 47.5 Å². The zero-order valence-electron chi connectivity index (χ0n) is 12.9. The van der Waals surface area contributed by atoms with Crippen molar-refractivity contribution in [2.24, 2.45) is 11.8 Å². The maximum atomic E-state index is 11.6. The van der Waals surface area contributed by atoms with Gasteiger partial charge in [0, 0.05) is 13.0 Å². The molecule has 0 aromatic heterocycles. The summed E-state index contributed by atoms with van der Waals surface area (Å²) in [7, 11) is 1.38. The molecule has 5 heteroatoms. The largest absolute Gasteiger partial charge is 0.469 e. The molecule has 0 aliphatic carbocycles. The lowest BCUT2D eigenvalue weighted by Gasteiger charge is -2.23. The van der Waals surface area contributed by atoms with Crippen LogP contribution in [0.4, 0.5) is 4.79 Å². The number of methoxy groups -OCH3 is 1. The minimum absolute atomic E-state index is 0.220. The van der Waals surface area contributed by atoms with Gasteiger partial charge in [-0.3, -0.25) is 4.79 Å². The van der Waals surface area contributed by atoms with Crippen LogP contribution in [0.5, 0.6) is 0 Å².